The average molecular weight is 311 g/mol. The minimum absolute atomic E-state index is 0.140. The van der Waals surface area contributed by atoms with Crippen molar-refractivity contribution in [3.05, 3.63) is 18.0 Å². The molecule has 1 N–H and O–H groups in total. The highest BCUT2D eigenvalue weighted by Crippen LogP contribution is 2.41. The minimum Gasteiger partial charge on any atom is -0.414 e. The Balaban J connectivity index is 2.10. The Morgan fingerprint density at radius 2 is 2.00 bits per heavy atom. The quantitative estimate of drug-likeness (QED) is 0.870. The lowest BCUT2D eigenvalue weighted by molar-refractivity contribution is 0.0385. The number of hydrogen-bond donors (Lipinski definition) is 1. The van der Waals surface area contributed by atoms with Crippen LogP contribution in [0, 0.1) is 0 Å². The van der Waals surface area contributed by atoms with E-state index in [0.717, 1.165) is 25.0 Å². The van der Waals surface area contributed by atoms with E-state index < -0.39 is 8.32 Å². The van der Waals surface area contributed by atoms with Gasteiger partial charge < -0.3 is 9.53 Å². The third kappa shape index (κ3) is 3.58. The smallest absolute Gasteiger partial charge is 0.192 e. The molecule has 1 saturated carbocycles. The molecular weight excluding hydrogens is 280 g/mol. The van der Waals surface area contributed by atoms with Crippen molar-refractivity contribution >= 4 is 8.32 Å². The van der Waals surface area contributed by atoms with Gasteiger partial charge in [-0.05, 0) is 43.5 Å². The van der Waals surface area contributed by atoms with Gasteiger partial charge in [-0.2, -0.15) is 5.10 Å². The summed E-state index contributed by atoms with van der Waals surface area (Å²) in [4.78, 5) is 0. The maximum Gasteiger partial charge on any atom is 0.192 e. The van der Waals surface area contributed by atoms with Crippen LogP contribution in [-0.4, -0.2) is 35.4 Å². The van der Waals surface area contributed by atoms with E-state index in [2.05, 4.69) is 39.0 Å². The summed E-state index contributed by atoms with van der Waals surface area (Å²) in [6.07, 6.45) is 4.46. The summed E-state index contributed by atoms with van der Waals surface area (Å²) >= 11 is 0. The third-order valence-corrected chi connectivity index (χ3v) is 9.81. The number of aliphatic hydroxyl groups excluding tert-OH is 1. The summed E-state index contributed by atoms with van der Waals surface area (Å²) in [7, 11) is 0.198. The minimum atomic E-state index is -1.75. The number of aryl methyl sites for hydroxylation is 1. The summed E-state index contributed by atoms with van der Waals surface area (Å²) in [5.41, 5.74) is 1.12. The molecule has 1 aliphatic carbocycles. The Morgan fingerprint density at radius 3 is 2.52 bits per heavy atom. The lowest BCUT2D eigenvalue weighted by atomic mass is 9.82. The second-order valence-corrected chi connectivity index (χ2v) is 12.6. The molecule has 0 spiro atoms. The number of aliphatic hydroxyl groups is 1. The van der Waals surface area contributed by atoms with E-state index in [0.29, 0.717) is 0 Å². The van der Waals surface area contributed by atoms with Gasteiger partial charge in [-0.25, -0.2) is 0 Å². The predicted molar refractivity (Wildman–Crippen MR) is 87.9 cm³/mol. The monoisotopic (exact) mass is 310 g/mol. The molecule has 0 aromatic carbocycles. The fraction of sp³-hybridized carbons (Fsp3) is 0.812. The molecule has 4 nitrogen and oxygen atoms in total. The zero-order chi connectivity index (χ0) is 15.8. The molecule has 1 fully saturated rings. The van der Waals surface area contributed by atoms with Crippen LogP contribution in [0.1, 0.15) is 51.6 Å². The van der Waals surface area contributed by atoms with Crippen LogP contribution in [0.4, 0.5) is 0 Å². The van der Waals surface area contributed by atoms with Crippen LogP contribution in [0.25, 0.3) is 0 Å². The summed E-state index contributed by atoms with van der Waals surface area (Å²) < 4.78 is 8.44. The number of hydrogen-bond acceptors (Lipinski definition) is 3. The van der Waals surface area contributed by atoms with Crippen molar-refractivity contribution < 1.29 is 9.53 Å². The van der Waals surface area contributed by atoms with Crippen molar-refractivity contribution in [2.45, 2.75) is 76.3 Å². The highest BCUT2D eigenvalue weighted by atomic mass is 28.4. The highest BCUT2D eigenvalue weighted by Gasteiger charge is 2.41. The average Bonchev–Trinajstić information content (AvgIpc) is 2.76. The van der Waals surface area contributed by atoms with Gasteiger partial charge in [-0.3, -0.25) is 4.68 Å². The standard InChI is InChI=1S/C16H30N2O2Si/c1-16(2,3)21(5,6)20-12-7-8-15(19)13(11-12)14-9-10-17-18(14)4/h9-10,12-13,15,19H,7-8,11H2,1-6H3/t12-,13-,15+/m1/s1. The van der Waals surface area contributed by atoms with E-state index in [1.165, 1.54) is 0 Å². The maximum atomic E-state index is 10.4. The van der Waals surface area contributed by atoms with Gasteiger partial charge in [0.1, 0.15) is 0 Å². The van der Waals surface area contributed by atoms with Gasteiger partial charge in [0.05, 0.1) is 6.10 Å². The van der Waals surface area contributed by atoms with Crippen molar-refractivity contribution in [3.63, 3.8) is 0 Å². The van der Waals surface area contributed by atoms with Gasteiger partial charge in [-0.1, -0.05) is 20.8 Å². The van der Waals surface area contributed by atoms with Crippen LogP contribution in [0.5, 0.6) is 0 Å². The molecule has 3 atom stereocenters. The second-order valence-electron chi connectivity index (χ2n) is 7.87. The molecule has 0 aliphatic heterocycles. The van der Waals surface area contributed by atoms with Gasteiger partial charge in [-0.15, -0.1) is 0 Å². The van der Waals surface area contributed by atoms with E-state index in [-0.39, 0.29) is 23.2 Å². The molecule has 0 amide bonds. The SMILES string of the molecule is Cn1nccc1[C@H]1C[C@H](O[Si](C)(C)C(C)(C)C)CC[C@@H]1O. The van der Waals surface area contributed by atoms with Gasteiger partial charge in [0.2, 0.25) is 0 Å². The first-order valence-electron chi connectivity index (χ1n) is 7.95. The molecule has 5 heteroatoms. The lowest BCUT2D eigenvalue weighted by Crippen LogP contribution is -2.46. The molecular formula is C16H30N2O2Si. The van der Waals surface area contributed by atoms with Gasteiger partial charge in [0.15, 0.2) is 8.32 Å². The lowest BCUT2D eigenvalue weighted by Gasteiger charge is -2.42. The first kappa shape index (κ1) is 16.7. The third-order valence-electron chi connectivity index (χ3n) is 5.27. The molecule has 120 valence electrons. The summed E-state index contributed by atoms with van der Waals surface area (Å²) in [6.45, 7) is 11.4. The van der Waals surface area contributed by atoms with Crippen molar-refractivity contribution in [1.82, 2.24) is 9.78 Å². The van der Waals surface area contributed by atoms with Crippen LogP contribution < -0.4 is 0 Å². The van der Waals surface area contributed by atoms with Crippen LogP contribution >= 0.6 is 0 Å². The van der Waals surface area contributed by atoms with E-state index >= 15 is 0 Å². The topological polar surface area (TPSA) is 47.3 Å². The Kier molecular flexibility index (Phi) is 4.66. The van der Waals surface area contributed by atoms with Gasteiger partial charge in [0.25, 0.3) is 0 Å². The van der Waals surface area contributed by atoms with Gasteiger partial charge in [0, 0.05) is 31.0 Å². The number of nitrogens with zero attached hydrogens (tertiary/aromatic N) is 2. The normalized spacial score (nSPS) is 27.9. The van der Waals surface area contributed by atoms with Crippen molar-refractivity contribution in [2.75, 3.05) is 0 Å². The summed E-state index contributed by atoms with van der Waals surface area (Å²) in [5, 5.41) is 14.8. The number of aromatic nitrogens is 2. The van der Waals surface area contributed by atoms with Gasteiger partial charge >= 0.3 is 0 Å². The zero-order valence-corrected chi connectivity index (χ0v) is 15.3. The molecule has 0 radical (unpaired) electrons. The Morgan fingerprint density at radius 1 is 1.33 bits per heavy atom. The first-order valence-corrected chi connectivity index (χ1v) is 10.9. The van der Waals surface area contributed by atoms with Crippen LogP contribution in [-0.2, 0) is 11.5 Å². The maximum absolute atomic E-state index is 10.4. The largest absolute Gasteiger partial charge is 0.414 e. The Bertz CT molecular complexity index is 479. The molecule has 0 saturated heterocycles. The highest BCUT2D eigenvalue weighted by molar-refractivity contribution is 6.74. The molecule has 1 heterocycles. The van der Waals surface area contributed by atoms with Crippen molar-refractivity contribution in [2.24, 2.45) is 7.05 Å². The van der Waals surface area contributed by atoms with E-state index in [1.54, 1.807) is 6.20 Å². The zero-order valence-electron chi connectivity index (χ0n) is 14.3. The van der Waals surface area contributed by atoms with E-state index in [4.69, 9.17) is 4.43 Å². The predicted octanol–water partition coefficient (Wildman–Crippen LogP) is 3.44. The Hall–Kier alpha value is -0.653. The summed E-state index contributed by atoms with van der Waals surface area (Å²) in [6, 6.07) is 2.02. The van der Waals surface area contributed by atoms with Crippen molar-refractivity contribution in [1.29, 1.82) is 0 Å². The van der Waals surface area contributed by atoms with Crippen LogP contribution in [0.15, 0.2) is 12.3 Å². The molecule has 0 bridgehead atoms. The molecule has 21 heavy (non-hydrogen) atoms. The van der Waals surface area contributed by atoms with Crippen molar-refractivity contribution in [3.8, 4) is 0 Å². The number of rotatable bonds is 3. The van der Waals surface area contributed by atoms with E-state index in [9.17, 15) is 5.11 Å². The molecule has 1 aromatic rings. The second kappa shape index (κ2) is 5.86. The molecule has 2 rings (SSSR count). The van der Waals surface area contributed by atoms with Crippen LogP contribution in [0.2, 0.25) is 18.1 Å². The first-order chi connectivity index (χ1) is 9.62. The molecule has 1 aromatic heterocycles. The Labute approximate surface area is 129 Å². The van der Waals surface area contributed by atoms with E-state index in [1.807, 2.05) is 17.8 Å². The fourth-order valence-corrected chi connectivity index (χ4v) is 4.28. The summed E-state index contributed by atoms with van der Waals surface area (Å²) in [5.74, 6) is 0.140. The van der Waals surface area contributed by atoms with Crippen LogP contribution in [0.3, 0.4) is 0 Å². The fourth-order valence-electron chi connectivity index (χ4n) is 2.88. The molecule has 1 aliphatic rings. The molecule has 0 unspecified atom stereocenters.